The Morgan fingerprint density at radius 3 is 2.06 bits per heavy atom. The fourth-order valence-electron chi connectivity index (χ4n) is 1.22. The second-order valence-corrected chi connectivity index (χ2v) is 3.71. The van der Waals surface area contributed by atoms with Gasteiger partial charge in [0.1, 0.15) is 11.9 Å². The highest BCUT2D eigenvalue weighted by atomic mass is 35.5. The van der Waals surface area contributed by atoms with E-state index in [2.05, 4.69) is 4.29 Å². The van der Waals surface area contributed by atoms with E-state index in [1.807, 2.05) is 19.1 Å². The van der Waals surface area contributed by atoms with Crippen LogP contribution in [-0.4, -0.2) is 55.7 Å². The number of hydrogen-bond donors (Lipinski definition) is 0. The highest BCUT2D eigenvalue weighted by Crippen LogP contribution is 2.00. The molecule has 7 heteroatoms. The molecule has 0 aliphatic rings. The van der Waals surface area contributed by atoms with E-state index in [1.54, 1.807) is 11.9 Å². The number of esters is 1. The van der Waals surface area contributed by atoms with Gasteiger partial charge in [0.05, 0.1) is 19.4 Å². The summed E-state index contributed by atoms with van der Waals surface area (Å²) >= 11 is 4.93. The zero-order chi connectivity index (χ0) is 13.3. The van der Waals surface area contributed by atoms with Gasteiger partial charge < -0.3 is 9.03 Å². The van der Waals surface area contributed by atoms with Gasteiger partial charge in [-0.05, 0) is 6.92 Å². The Bertz CT molecular complexity index is 248. The average molecular weight is 267 g/mol. The van der Waals surface area contributed by atoms with Crippen molar-refractivity contribution in [2.24, 2.45) is 0 Å². The third kappa shape index (κ3) is 7.95. The van der Waals surface area contributed by atoms with Crippen molar-refractivity contribution in [3.63, 3.8) is 0 Å². The molecule has 0 aliphatic heterocycles. The number of ether oxygens (including phenoxy) is 1. The Morgan fingerprint density at radius 2 is 1.65 bits per heavy atom. The van der Waals surface area contributed by atoms with E-state index in [-0.39, 0.29) is 18.8 Å². The van der Waals surface area contributed by atoms with Crippen LogP contribution in [-0.2, 0) is 18.6 Å². The van der Waals surface area contributed by atoms with Gasteiger partial charge in [0.15, 0.2) is 0 Å². The van der Waals surface area contributed by atoms with Gasteiger partial charge in [0.25, 0.3) is 0 Å². The lowest BCUT2D eigenvalue weighted by molar-refractivity contribution is -0.144. The van der Waals surface area contributed by atoms with Crippen LogP contribution >= 0.6 is 11.9 Å². The summed E-state index contributed by atoms with van der Waals surface area (Å²) in [4.78, 5) is 22.1. The molecule has 0 saturated carbocycles. The normalized spacial score (nSPS) is 10.7. The van der Waals surface area contributed by atoms with Crippen LogP contribution in [0.3, 0.4) is 0 Å². The lowest BCUT2D eigenvalue weighted by Crippen LogP contribution is -2.40. The molecule has 0 fully saturated rings. The minimum absolute atomic E-state index is 0.171. The van der Waals surface area contributed by atoms with Crippen LogP contribution in [0.15, 0.2) is 0 Å². The lowest BCUT2D eigenvalue weighted by Gasteiger charge is -2.27. The van der Waals surface area contributed by atoms with Gasteiger partial charge >= 0.3 is 11.9 Å². The molecule has 100 valence electrons. The Morgan fingerprint density at radius 1 is 1.12 bits per heavy atom. The zero-order valence-corrected chi connectivity index (χ0v) is 11.2. The maximum absolute atomic E-state index is 11.2. The standard InChI is InChI=1S/C10H19ClN2O4/c1-4-16-9(14)5-7-13(12(2)3)8-6-10(15)17-11/h4-8H2,1-3H3. The molecule has 17 heavy (non-hydrogen) atoms. The minimum atomic E-state index is -0.491. The molecule has 0 saturated heterocycles. The van der Waals surface area contributed by atoms with Gasteiger partial charge in [-0.2, -0.15) is 0 Å². The zero-order valence-electron chi connectivity index (χ0n) is 10.4. The van der Waals surface area contributed by atoms with Crippen molar-refractivity contribution in [1.82, 2.24) is 10.0 Å². The van der Waals surface area contributed by atoms with Gasteiger partial charge in [-0.1, -0.05) is 0 Å². The first-order valence-corrected chi connectivity index (χ1v) is 5.71. The van der Waals surface area contributed by atoms with E-state index in [1.165, 1.54) is 0 Å². The van der Waals surface area contributed by atoms with Gasteiger partial charge in [0, 0.05) is 27.2 Å². The van der Waals surface area contributed by atoms with Gasteiger partial charge in [-0.15, -0.1) is 0 Å². The molecule has 0 aromatic rings. The molecule has 0 aliphatic carbocycles. The summed E-state index contributed by atoms with van der Waals surface area (Å²) in [5.41, 5.74) is 0. The largest absolute Gasteiger partial charge is 0.466 e. The molecule has 6 nitrogen and oxygen atoms in total. The third-order valence-electron chi connectivity index (χ3n) is 2.11. The van der Waals surface area contributed by atoms with Crippen molar-refractivity contribution in [1.29, 1.82) is 0 Å². The molecule has 0 heterocycles. The number of carbonyl (C=O) groups excluding carboxylic acids is 2. The summed E-state index contributed by atoms with van der Waals surface area (Å²) in [6.07, 6.45) is 0.451. The molecule has 0 aromatic heterocycles. The molecule has 0 rings (SSSR count). The van der Waals surface area contributed by atoms with Crippen molar-refractivity contribution < 1.29 is 18.6 Å². The average Bonchev–Trinajstić information content (AvgIpc) is 2.28. The highest BCUT2D eigenvalue weighted by Gasteiger charge is 2.13. The van der Waals surface area contributed by atoms with Crippen LogP contribution < -0.4 is 0 Å². The molecule has 0 N–H and O–H groups in total. The van der Waals surface area contributed by atoms with Crippen LogP contribution in [0, 0.1) is 0 Å². The molecule has 0 amide bonds. The first-order chi connectivity index (χ1) is 8.01. The molecule has 0 atom stereocenters. The summed E-state index contributed by atoms with van der Waals surface area (Å²) in [6, 6.07) is 0. The summed E-state index contributed by atoms with van der Waals surface area (Å²) in [5, 5.41) is 3.64. The number of halogens is 1. The summed E-state index contributed by atoms with van der Waals surface area (Å²) in [6.45, 7) is 3.07. The predicted octanol–water partition coefficient (Wildman–Crippen LogP) is 0.805. The van der Waals surface area contributed by atoms with E-state index >= 15 is 0 Å². The van der Waals surface area contributed by atoms with Crippen LogP contribution in [0.4, 0.5) is 0 Å². The highest BCUT2D eigenvalue weighted by molar-refractivity contribution is 6.13. The van der Waals surface area contributed by atoms with Gasteiger partial charge in [-0.25, -0.2) is 10.0 Å². The number of rotatable bonds is 8. The Kier molecular flexibility index (Phi) is 8.75. The van der Waals surface area contributed by atoms with Gasteiger partial charge in [-0.3, -0.25) is 9.59 Å². The first kappa shape index (κ1) is 16.1. The Labute approximate surface area is 107 Å². The van der Waals surface area contributed by atoms with Crippen LogP contribution in [0.25, 0.3) is 0 Å². The van der Waals surface area contributed by atoms with Crippen LogP contribution in [0.5, 0.6) is 0 Å². The van der Waals surface area contributed by atoms with E-state index in [0.717, 1.165) is 0 Å². The van der Waals surface area contributed by atoms with Gasteiger partial charge in [0.2, 0.25) is 0 Å². The number of hydrogen-bond acceptors (Lipinski definition) is 6. The lowest BCUT2D eigenvalue weighted by atomic mass is 10.3. The second-order valence-electron chi connectivity index (χ2n) is 3.56. The van der Waals surface area contributed by atoms with E-state index in [4.69, 9.17) is 16.6 Å². The minimum Gasteiger partial charge on any atom is -0.466 e. The molecule has 0 radical (unpaired) electrons. The molecule has 0 unspecified atom stereocenters. The fourth-order valence-corrected chi connectivity index (χ4v) is 1.30. The SMILES string of the molecule is CCOC(=O)CCN(CCC(=O)OCl)N(C)C. The summed E-state index contributed by atoms with van der Waals surface area (Å²) in [5.74, 6) is -0.742. The smallest absolute Gasteiger partial charge is 0.326 e. The predicted molar refractivity (Wildman–Crippen MR) is 63.1 cm³/mol. The van der Waals surface area contributed by atoms with Crippen molar-refractivity contribution in [3.05, 3.63) is 0 Å². The Balaban J connectivity index is 3.98. The summed E-state index contributed by atoms with van der Waals surface area (Å²) < 4.78 is 8.86. The number of carbonyl (C=O) groups is 2. The van der Waals surface area contributed by atoms with Crippen LogP contribution in [0.1, 0.15) is 19.8 Å². The molecule has 0 spiro atoms. The van der Waals surface area contributed by atoms with Crippen molar-refractivity contribution >= 4 is 23.8 Å². The molecule has 0 bridgehead atoms. The molecular formula is C10H19ClN2O4. The molecular weight excluding hydrogens is 248 g/mol. The van der Waals surface area contributed by atoms with Crippen molar-refractivity contribution in [2.45, 2.75) is 19.8 Å². The molecule has 0 aromatic carbocycles. The topological polar surface area (TPSA) is 59.1 Å². The monoisotopic (exact) mass is 266 g/mol. The number of hydrazine groups is 1. The van der Waals surface area contributed by atoms with E-state index in [0.29, 0.717) is 19.7 Å². The maximum Gasteiger partial charge on any atom is 0.326 e. The van der Waals surface area contributed by atoms with E-state index < -0.39 is 5.97 Å². The van der Waals surface area contributed by atoms with Crippen molar-refractivity contribution in [3.8, 4) is 0 Å². The quantitative estimate of drug-likeness (QED) is 0.479. The fraction of sp³-hybridized carbons (Fsp3) is 0.800. The number of nitrogens with zero attached hydrogens (tertiary/aromatic N) is 2. The van der Waals surface area contributed by atoms with Crippen molar-refractivity contribution in [2.75, 3.05) is 33.8 Å². The second kappa shape index (κ2) is 9.21. The third-order valence-corrected chi connectivity index (χ3v) is 2.28. The van der Waals surface area contributed by atoms with E-state index in [9.17, 15) is 9.59 Å². The maximum atomic E-state index is 11.2. The first-order valence-electron chi connectivity index (χ1n) is 5.40. The van der Waals surface area contributed by atoms with Crippen LogP contribution in [0.2, 0.25) is 0 Å². The Hall–Kier alpha value is -0.850. The summed E-state index contributed by atoms with van der Waals surface area (Å²) in [7, 11) is 3.66.